The Hall–Kier alpha value is -0.860. The Morgan fingerprint density at radius 3 is 2.60 bits per heavy atom. The zero-order valence-electron chi connectivity index (χ0n) is 8.76. The van der Waals surface area contributed by atoms with Crippen molar-refractivity contribution in [3.05, 3.63) is 35.9 Å². The summed E-state index contributed by atoms with van der Waals surface area (Å²) in [6.45, 7) is 1.64. The molecule has 2 nitrogen and oxygen atoms in total. The van der Waals surface area contributed by atoms with Gasteiger partial charge in [-0.25, -0.2) is 0 Å². The second-order valence-electron chi connectivity index (χ2n) is 4.55. The Bertz CT molecular complexity index is 313. The fraction of sp³-hybridized carbons (Fsp3) is 0.538. The number of fused-ring (bicyclic) bond motifs is 1. The molecule has 1 aromatic carbocycles. The van der Waals surface area contributed by atoms with Crippen LogP contribution in [0.2, 0.25) is 0 Å². The highest BCUT2D eigenvalue weighted by atomic mass is 16.6. The van der Waals surface area contributed by atoms with Gasteiger partial charge in [-0.3, -0.25) is 0 Å². The smallest absolute Gasteiger partial charge is 0.0845 e. The van der Waals surface area contributed by atoms with E-state index in [1.165, 1.54) is 18.4 Å². The first kappa shape index (κ1) is 9.37. The molecule has 0 radical (unpaired) electrons. The Morgan fingerprint density at radius 2 is 1.87 bits per heavy atom. The summed E-state index contributed by atoms with van der Waals surface area (Å²) in [7, 11) is 0. The second-order valence-corrected chi connectivity index (χ2v) is 4.55. The number of benzene rings is 1. The van der Waals surface area contributed by atoms with Gasteiger partial charge in [0.15, 0.2) is 0 Å². The maximum Gasteiger partial charge on any atom is 0.0845 e. The summed E-state index contributed by atoms with van der Waals surface area (Å²) in [4.78, 5) is 0. The van der Waals surface area contributed by atoms with E-state index in [1.807, 2.05) is 6.07 Å². The fourth-order valence-corrected chi connectivity index (χ4v) is 2.40. The standard InChI is InChI=1S/C13H16O2/c1-2-4-10(5-3-1)8-14-9-11-6-12-13(7-11)15-12/h1-5,11-13H,6-9H2/t11?,12-,13+. The van der Waals surface area contributed by atoms with Gasteiger partial charge in [0.05, 0.1) is 25.4 Å². The van der Waals surface area contributed by atoms with Crippen molar-refractivity contribution in [3.63, 3.8) is 0 Å². The van der Waals surface area contributed by atoms with Gasteiger partial charge in [0, 0.05) is 0 Å². The zero-order valence-corrected chi connectivity index (χ0v) is 8.76. The van der Waals surface area contributed by atoms with Crippen LogP contribution in [0.4, 0.5) is 0 Å². The maximum atomic E-state index is 5.72. The topological polar surface area (TPSA) is 21.8 Å². The molecule has 1 aromatic rings. The molecule has 0 aromatic heterocycles. The number of hydrogen-bond acceptors (Lipinski definition) is 2. The minimum atomic E-state index is 0.579. The van der Waals surface area contributed by atoms with Crippen LogP contribution in [0.25, 0.3) is 0 Å². The van der Waals surface area contributed by atoms with Gasteiger partial charge in [0.1, 0.15) is 0 Å². The van der Waals surface area contributed by atoms with Gasteiger partial charge in [-0.15, -0.1) is 0 Å². The average Bonchev–Trinajstić information content (AvgIpc) is 2.88. The van der Waals surface area contributed by atoms with Crippen molar-refractivity contribution in [2.24, 2.45) is 5.92 Å². The molecule has 2 heteroatoms. The lowest BCUT2D eigenvalue weighted by molar-refractivity contribution is 0.0754. The van der Waals surface area contributed by atoms with Crippen LogP contribution in [-0.2, 0) is 16.1 Å². The molecule has 0 N–H and O–H groups in total. The van der Waals surface area contributed by atoms with Crippen molar-refractivity contribution in [2.45, 2.75) is 31.7 Å². The molecule has 15 heavy (non-hydrogen) atoms. The van der Waals surface area contributed by atoms with Crippen LogP contribution >= 0.6 is 0 Å². The minimum Gasteiger partial charge on any atom is -0.376 e. The van der Waals surface area contributed by atoms with Crippen LogP contribution < -0.4 is 0 Å². The number of ether oxygens (including phenoxy) is 2. The molecule has 3 rings (SSSR count). The lowest BCUT2D eigenvalue weighted by Gasteiger charge is -2.11. The SMILES string of the molecule is c1ccc(COCC2C[C@@H]3O[C@@H]3C2)cc1. The minimum absolute atomic E-state index is 0.579. The van der Waals surface area contributed by atoms with E-state index in [-0.39, 0.29) is 0 Å². The second kappa shape index (κ2) is 3.95. The molecule has 1 unspecified atom stereocenters. The lowest BCUT2D eigenvalue weighted by Crippen LogP contribution is -2.08. The highest BCUT2D eigenvalue weighted by molar-refractivity contribution is 5.13. The van der Waals surface area contributed by atoms with Gasteiger partial charge < -0.3 is 9.47 Å². The summed E-state index contributed by atoms with van der Waals surface area (Å²) in [5.74, 6) is 0.734. The molecule has 0 spiro atoms. The van der Waals surface area contributed by atoms with Gasteiger partial charge in [-0.1, -0.05) is 30.3 Å². The zero-order chi connectivity index (χ0) is 10.1. The highest BCUT2D eigenvalue weighted by Gasteiger charge is 2.47. The van der Waals surface area contributed by atoms with Gasteiger partial charge >= 0.3 is 0 Å². The highest BCUT2D eigenvalue weighted by Crippen LogP contribution is 2.42. The molecule has 1 aliphatic heterocycles. The first-order chi connectivity index (χ1) is 7.42. The van der Waals surface area contributed by atoms with Crippen LogP contribution in [0.3, 0.4) is 0 Å². The van der Waals surface area contributed by atoms with E-state index in [9.17, 15) is 0 Å². The van der Waals surface area contributed by atoms with E-state index in [0.29, 0.717) is 12.2 Å². The summed E-state index contributed by atoms with van der Waals surface area (Å²) < 4.78 is 11.1. The molecule has 3 atom stereocenters. The quantitative estimate of drug-likeness (QED) is 0.702. The van der Waals surface area contributed by atoms with Crippen molar-refractivity contribution in [1.29, 1.82) is 0 Å². The van der Waals surface area contributed by atoms with E-state index >= 15 is 0 Å². The summed E-state index contributed by atoms with van der Waals surface area (Å²) in [5.41, 5.74) is 1.26. The Balaban J connectivity index is 1.40. The van der Waals surface area contributed by atoms with E-state index in [1.54, 1.807) is 0 Å². The van der Waals surface area contributed by atoms with E-state index in [2.05, 4.69) is 24.3 Å². The molecule has 2 aliphatic rings. The summed E-state index contributed by atoms with van der Waals surface area (Å²) in [5, 5.41) is 0. The van der Waals surface area contributed by atoms with E-state index < -0.39 is 0 Å². The van der Waals surface area contributed by atoms with Crippen molar-refractivity contribution < 1.29 is 9.47 Å². The number of epoxide rings is 1. The Morgan fingerprint density at radius 1 is 1.13 bits per heavy atom. The van der Waals surface area contributed by atoms with Crippen molar-refractivity contribution >= 4 is 0 Å². The molecule has 2 fully saturated rings. The third-order valence-electron chi connectivity index (χ3n) is 3.28. The summed E-state index contributed by atoms with van der Waals surface area (Å²) in [6, 6.07) is 10.4. The third-order valence-corrected chi connectivity index (χ3v) is 3.28. The van der Waals surface area contributed by atoms with Gasteiger partial charge in [-0.2, -0.15) is 0 Å². The maximum absolute atomic E-state index is 5.72. The lowest BCUT2D eigenvalue weighted by atomic mass is 10.1. The predicted molar refractivity (Wildman–Crippen MR) is 57.5 cm³/mol. The van der Waals surface area contributed by atoms with Crippen LogP contribution in [0, 0.1) is 5.92 Å². The summed E-state index contributed by atoms with van der Waals surface area (Å²) in [6.07, 6.45) is 3.57. The van der Waals surface area contributed by atoms with Crippen LogP contribution in [0.15, 0.2) is 30.3 Å². The molecule has 1 saturated heterocycles. The molecule has 1 aliphatic carbocycles. The van der Waals surface area contributed by atoms with Gasteiger partial charge in [0.2, 0.25) is 0 Å². The molecule has 0 amide bonds. The fourth-order valence-electron chi connectivity index (χ4n) is 2.40. The predicted octanol–water partition coefficient (Wildman–Crippen LogP) is 2.38. The molecular formula is C13H16O2. The van der Waals surface area contributed by atoms with Crippen LogP contribution in [-0.4, -0.2) is 18.8 Å². The largest absolute Gasteiger partial charge is 0.376 e. The molecular weight excluding hydrogens is 188 g/mol. The molecule has 80 valence electrons. The Labute approximate surface area is 90.2 Å². The average molecular weight is 204 g/mol. The van der Waals surface area contributed by atoms with Crippen molar-refractivity contribution in [3.8, 4) is 0 Å². The number of rotatable bonds is 4. The van der Waals surface area contributed by atoms with E-state index in [0.717, 1.165) is 19.1 Å². The van der Waals surface area contributed by atoms with E-state index in [4.69, 9.17) is 9.47 Å². The molecule has 1 saturated carbocycles. The number of hydrogen-bond donors (Lipinski definition) is 0. The monoisotopic (exact) mass is 204 g/mol. The normalized spacial score (nSPS) is 32.7. The molecule has 1 heterocycles. The third kappa shape index (κ3) is 2.21. The van der Waals surface area contributed by atoms with Crippen molar-refractivity contribution in [1.82, 2.24) is 0 Å². The Kier molecular flexibility index (Phi) is 2.47. The van der Waals surface area contributed by atoms with Gasteiger partial charge in [-0.05, 0) is 24.3 Å². The first-order valence-corrected chi connectivity index (χ1v) is 5.69. The van der Waals surface area contributed by atoms with Crippen LogP contribution in [0.1, 0.15) is 18.4 Å². The molecule has 0 bridgehead atoms. The van der Waals surface area contributed by atoms with Crippen LogP contribution in [0.5, 0.6) is 0 Å². The first-order valence-electron chi connectivity index (χ1n) is 5.69. The summed E-state index contributed by atoms with van der Waals surface area (Å²) >= 11 is 0. The van der Waals surface area contributed by atoms with Gasteiger partial charge in [0.25, 0.3) is 0 Å². The van der Waals surface area contributed by atoms with Crippen molar-refractivity contribution in [2.75, 3.05) is 6.61 Å².